The van der Waals surface area contributed by atoms with Gasteiger partial charge in [0, 0.05) is 6.20 Å². The highest BCUT2D eigenvalue weighted by Gasteiger charge is 2.08. The topological polar surface area (TPSA) is 80.7 Å². The highest BCUT2D eigenvalue weighted by Crippen LogP contribution is 2.14. The van der Waals surface area contributed by atoms with Gasteiger partial charge in [-0.25, -0.2) is 4.98 Å². The molecule has 0 bridgehead atoms. The first-order chi connectivity index (χ1) is 8.79. The van der Waals surface area contributed by atoms with Crippen molar-refractivity contribution in [2.45, 2.75) is 39.0 Å². The summed E-state index contributed by atoms with van der Waals surface area (Å²) in [7, 11) is 0. The molecule has 0 aliphatic heterocycles. The van der Waals surface area contributed by atoms with E-state index in [0.717, 1.165) is 12.8 Å². The van der Waals surface area contributed by atoms with E-state index in [1.807, 2.05) is 0 Å². The van der Waals surface area contributed by atoms with Crippen molar-refractivity contribution in [2.24, 2.45) is 10.9 Å². The lowest BCUT2D eigenvalue weighted by molar-refractivity contribution is 0.291. The van der Waals surface area contributed by atoms with Crippen LogP contribution in [0.5, 0.6) is 5.88 Å². The standard InChI is InChI=1S/C13H21N3O2/c1-2-3-4-5-6-10-18-13-11(12(14)16-17)8-7-9-15-13/h7-9,17H,2-6,10H2,1H3,(H2,14,16). The number of ether oxygens (including phenoxy) is 1. The second-order valence-electron chi connectivity index (χ2n) is 4.10. The molecule has 18 heavy (non-hydrogen) atoms. The number of aromatic nitrogens is 1. The number of rotatable bonds is 8. The Balaban J connectivity index is 2.42. The summed E-state index contributed by atoms with van der Waals surface area (Å²) in [5, 5.41) is 11.6. The van der Waals surface area contributed by atoms with Gasteiger partial charge in [-0.1, -0.05) is 37.8 Å². The van der Waals surface area contributed by atoms with E-state index < -0.39 is 0 Å². The van der Waals surface area contributed by atoms with E-state index in [-0.39, 0.29) is 5.84 Å². The number of oxime groups is 1. The van der Waals surface area contributed by atoms with Gasteiger partial charge in [0.1, 0.15) is 0 Å². The predicted octanol–water partition coefficient (Wildman–Crippen LogP) is 2.53. The fourth-order valence-corrected chi connectivity index (χ4v) is 1.63. The number of nitrogens with zero attached hydrogens (tertiary/aromatic N) is 2. The molecule has 0 unspecified atom stereocenters. The molecule has 0 amide bonds. The largest absolute Gasteiger partial charge is 0.477 e. The van der Waals surface area contributed by atoms with Gasteiger partial charge < -0.3 is 15.7 Å². The Morgan fingerprint density at radius 2 is 2.17 bits per heavy atom. The fraction of sp³-hybridized carbons (Fsp3) is 0.538. The molecule has 1 aromatic rings. The van der Waals surface area contributed by atoms with Crippen LogP contribution in [-0.2, 0) is 0 Å². The number of nitrogens with two attached hydrogens (primary N) is 1. The fourth-order valence-electron chi connectivity index (χ4n) is 1.63. The molecule has 0 saturated heterocycles. The first-order valence-electron chi connectivity index (χ1n) is 6.35. The molecule has 0 aliphatic rings. The Bertz CT molecular complexity index is 380. The number of pyridine rings is 1. The van der Waals surface area contributed by atoms with Crippen LogP contribution in [0.3, 0.4) is 0 Å². The average Bonchev–Trinajstić information content (AvgIpc) is 2.42. The molecule has 0 atom stereocenters. The van der Waals surface area contributed by atoms with Gasteiger partial charge in [-0.15, -0.1) is 0 Å². The van der Waals surface area contributed by atoms with Gasteiger partial charge in [0.05, 0.1) is 12.2 Å². The van der Waals surface area contributed by atoms with Crippen LogP contribution >= 0.6 is 0 Å². The van der Waals surface area contributed by atoms with E-state index in [1.165, 1.54) is 19.3 Å². The molecule has 5 nitrogen and oxygen atoms in total. The SMILES string of the molecule is CCCCCCCOc1ncccc1/C(N)=N/O. The normalized spacial score (nSPS) is 11.5. The minimum absolute atomic E-state index is 0.0177. The minimum atomic E-state index is 0.0177. The molecule has 0 aromatic carbocycles. The first kappa shape index (κ1) is 14.3. The Kier molecular flexibility index (Phi) is 6.61. The molecule has 1 heterocycles. The lowest BCUT2D eigenvalue weighted by Crippen LogP contribution is -2.15. The van der Waals surface area contributed by atoms with Crippen molar-refractivity contribution in [3.05, 3.63) is 23.9 Å². The predicted molar refractivity (Wildman–Crippen MR) is 71.0 cm³/mol. The molecular weight excluding hydrogens is 230 g/mol. The lowest BCUT2D eigenvalue weighted by atomic mass is 10.2. The van der Waals surface area contributed by atoms with Gasteiger partial charge in [-0.05, 0) is 18.6 Å². The molecule has 0 fully saturated rings. The first-order valence-corrected chi connectivity index (χ1v) is 6.35. The van der Waals surface area contributed by atoms with Gasteiger partial charge in [-0.3, -0.25) is 0 Å². The van der Waals surface area contributed by atoms with Gasteiger partial charge in [0.2, 0.25) is 5.88 Å². The van der Waals surface area contributed by atoms with Crippen molar-refractivity contribution in [3.63, 3.8) is 0 Å². The number of hydrogen-bond acceptors (Lipinski definition) is 4. The van der Waals surface area contributed by atoms with E-state index in [9.17, 15) is 0 Å². The second-order valence-corrected chi connectivity index (χ2v) is 4.10. The number of amidine groups is 1. The van der Waals surface area contributed by atoms with E-state index in [4.69, 9.17) is 15.7 Å². The zero-order valence-corrected chi connectivity index (χ0v) is 10.8. The third-order valence-electron chi connectivity index (χ3n) is 2.64. The van der Waals surface area contributed by atoms with Gasteiger partial charge in [-0.2, -0.15) is 0 Å². The smallest absolute Gasteiger partial charge is 0.224 e. The summed E-state index contributed by atoms with van der Waals surface area (Å²) in [6.07, 6.45) is 7.50. The lowest BCUT2D eigenvalue weighted by Gasteiger charge is -2.08. The summed E-state index contributed by atoms with van der Waals surface area (Å²) in [4.78, 5) is 4.09. The average molecular weight is 251 g/mol. The Hall–Kier alpha value is -1.78. The van der Waals surface area contributed by atoms with Gasteiger partial charge in [0.15, 0.2) is 5.84 Å². The van der Waals surface area contributed by atoms with Crippen LogP contribution < -0.4 is 10.5 Å². The second kappa shape index (κ2) is 8.33. The molecule has 1 aromatic heterocycles. The molecule has 0 radical (unpaired) electrons. The van der Waals surface area contributed by atoms with Crippen molar-refractivity contribution in [2.75, 3.05) is 6.61 Å². The van der Waals surface area contributed by atoms with Gasteiger partial charge >= 0.3 is 0 Å². The quantitative estimate of drug-likeness (QED) is 0.244. The van der Waals surface area contributed by atoms with E-state index in [1.54, 1.807) is 18.3 Å². The Morgan fingerprint density at radius 3 is 2.89 bits per heavy atom. The molecular formula is C13H21N3O2. The summed E-state index contributed by atoms with van der Waals surface area (Å²) >= 11 is 0. The van der Waals surface area contributed by atoms with Crippen LogP contribution in [-0.4, -0.2) is 22.6 Å². The molecule has 0 saturated carbocycles. The third kappa shape index (κ3) is 4.61. The summed E-state index contributed by atoms with van der Waals surface area (Å²) in [6, 6.07) is 3.44. The summed E-state index contributed by atoms with van der Waals surface area (Å²) < 4.78 is 5.56. The Morgan fingerprint density at radius 1 is 1.39 bits per heavy atom. The summed E-state index contributed by atoms with van der Waals surface area (Å²) in [5.41, 5.74) is 6.07. The maximum atomic E-state index is 8.66. The van der Waals surface area contributed by atoms with Crippen LogP contribution in [0.2, 0.25) is 0 Å². The summed E-state index contributed by atoms with van der Waals surface area (Å²) in [6.45, 7) is 2.79. The van der Waals surface area contributed by atoms with Crippen LogP contribution in [0.15, 0.2) is 23.5 Å². The van der Waals surface area contributed by atoms with Crippen LogP contribution in [0.1, 0.15) is 44.6 Å². The maximum Gasteiger partial charge on any atom is 0.224 e. The molecule has 5 heteroatoms. The molecule has 1 rings (SSSR count). The zero-order chi connectivity index (χ0) is 13.2. The Labute approximate surface area is 108 Å². The molecule has 0 aliphatic carbocycles. The zero-order valence-electron chi connectivity index (χ0n) is 10.8. The van der Waals surface area contributed by atoms with Crippen LogP contribution in [0.25, 0.3) is 0 Å². The van der Waals surface area contributed by atoms with Crippen molar-refractivity contribution < 1.29 is 9.94 Å². The van der Waals surface area contributed by atoms with Crippen LogP contribution in [0.4, 0.5) is 0 Å². The molecule has 100 valence electrons. The maximum absolute atomic E-state index is 8.66. The molecule has 0 spiro atoms. The molecule has 3 N–H and O–H groups in total. The van der Waals surface area contributed by atoms with Crippen molar-refractivity contribution in [3.8, 4) is 5.88 Å². The van der Waals surface area contributed by atoms with E-state index >= 15 is 0 Å². The minimum Gasteiger partial charge on any atom is -0.477 e. The summed E-state index contributed by atoms with van der Waals surface area (Å²) in [5.74, 6) is 0.437. The highest BCUT2D eigenvalue weighted by molar-refractivity contribution is 5.98. The van der Waals surface area contributed by atoms with Crippen LogP contribution in [0, 0.1) is 0 Å². The van der Waals surface area contributed by atoms with Crippen molar-refractivity contribution in [1.82, 2.24) is 4.98 Å². The number of unbranched alkanes of at least 4 members (excludes halogenated alkanes) is 4. The van der Waals surface area contributed by atoms with E-state index in [0.29, 0.717) is 18.1 Å². The third-order valence-corrected chi connectivity index (χ3v) is 2.64. The monoisotopic (exact) mass is 251 g/mol. The van der Waals surface area contributed by atoms with Crippen molar-refractivity contribution in [1.29, 1.82) is 0 Å². The van der Waals surface area contributed by atoms with Gasteiger partial charge in [0.25, 0.3) is 0 Å². The van der Waals surface area contributed by atoms with E-state index in [2.05, 4.69) is 17.1 Å². The highest BCUT2D eigenvalue weighted by atomic mass is 16.5. The van der Waals surface area contributed by atoms with Crippen molar-refractivity contribution >= 4 is 5.84 Å². The number of hydrogen-bond donors (Lipinski definition) is 2.